The lowest BCUT2D eigenvalue weighted by molar-refractivity contribution is -0.659. The molecule has 0 saturated heterocycles. The lowest BCUT2D eigenvalue weighted by Gasteiger charge is -2.28. The molecule has 34 heavy (non-hydrogen) atoms. The number of hydrogen-bond acceptors (Lipinski definition) is 1. The molecule has 3 heteroatoms. The summed E-state index contributed by atoms with van der Waals surface area (Å²) in [7, 11) is 2.13. The van der Waals surface area contributed by atoms with Crippen molar-refractivity contribution in [3.63, 3.8) is 0 Å². The van der Waals surface area contributed by atoms with E-state index in [1.54, 1.807) is 0 Å². The lowest BCUT2D eigenvalue weighted by atomic mass is 9.81. The third kappa shape index (κ3) is 3.62. The molecule has 1 aliphatic heterocycles. The SMILES string of the molecule is [C-]#[N+]C(C)(C)Cc1cc2c3c([n+](C)ccc3c1)-c1c(c(CC(C)(C)C)c3ccccc3c1C)O2. The number of aromatic nitrogens is 1. The highest BCUT2D eigenvalue weighted by Gasteiger charge is 2.34. The molecule has 1 aromatic heterocycles. The van der Waals surface area contributed by atoms with E-state index < -0.39 is 5.54 Å². The quantitative estimate of drug-likeness (QED) is 0.203. The van der Waals surface area contributed by atoms with Gasteiger partial charge in [-0.05, 0) is 52.1 Å². The fourth-order valence-corrected chi connectivity index (χ4v) is 5.41. The fourth-order valence-electron chi connectivity index (χ4n) is 5.41. The molecule has 0 fully saturated rings. The molecule has 172 valence electrons. The number of rotatable bonds is 3. The second-order valence-electron chi connectivity index (χ2n) is 11.6. The summed E-state index contributed by atoms with van der Waals surface area (Å²) in [4.78, 5) is 3.84. The highest BCUT2D eigenvalue weighted by molar-refractivity contribution is 6.06. The maximum atomic E-state index is 7.59. The van der Waals surface area contributed by atoms with E-state index in [1.165, 1.54) is 33.2 Å². The molecule has 2 heterocycles. The van der Waals surface area contributed by atoms with Crippen LogP contribution in [-0.2, 0) is 19.9 Å². The summed E-state index contributed by atoms with van der Waals surface area (Å²) < 4.78 is 9.10. The number of hydrogen-bond donors (Lipinski definition) is 0. The van der Waals surface area contributed by atoms with E-state index in [2.05, 4.69) is 92.8 Å². The third-order valence-corrected chi connectivity index (χ3v) is 6.89. The first-order valence-electron chi connectivity index (χ1n) is 12.1. The van der Waals surface area contributed by atoms with Gasteiger partial charge < -0.3 is 9.58 Å². The molecule has 0 amide bonds. The van der Waals surface area contributed by atoms with Crippen LogP contribution >= 0.6 is 0 Å². The van der Waals surface area contributed by atoms with Crippen molar-refractivity contribution in [2.45, 2.75) is 59.9 Å². The second kappa shape index (κ2) is 7.57. The Kier molecular flexibility index (Phi) is 4.99. The Labute approximate surface area is 202 Å². The molecule has 3 aromatic carbocycles. The summed E-state index contributed by atoms with van der Waals surface area (Å²) in [6.07, 6.45) is 3.77. The van der Waals surface area contributed by atoms with Crippen LogP contribution in [0.2, 0.25) is 0 Å². The van der Waals surface area contributed by atoms with Gasteiger partial charge in [-0.2, -0.15) is 0 Å². The molecule has 4 aromatic rings. The molecule has 0 saturated carbocycles. The Bertz CT molecular complexity index is 1510. The van der Waals surface area contributed by atoms with Crippen molar-refractivity contribution in [2.24, 2.45) is 12.5 Å². The van der Waals surface area contributed by atoms with Gasteiger partial charge in [-0.1, -0.05) is 51.1 Å². The summed E-state index contributed by atoms with van der Waals surface area (Å²) in [6.45, 7) is 20.7. The van der Waals surface area contributed by atoms with Crippen LogP contribution in [0, 0.1) is 18.9 Å². The maximum absolute atomic E-state index is 7.59. The molecule has 1 aliphatic rings. The largest absolute Gasteiger partial charge is 0.455 e. The molecule has 0 radical (unpaired) electrons. The average molecular weight is 450 g/mol. The number of fused-ring (bicyclic) bond motifs is 3. The molecular weight excluding hydrogens is 416 g/mol. The van der Waals surface area contributed by atoms with Gasteiger partial charge in [0.05, 0.1) is 17.4 Å². The van der Waals surface area contributed by atoms with Crippen molar-refractivity contribution in [3.8, 4) is 22.8 Å². The Hall–Kier alpha value is -3.38. The normalized spacial score (nSPS) is 13.0. The van der Waals surface area contributed by atoms with Crippen LogP contribution in [-0.4, -0.2) is 5.54 Å². The molecule has 5 rings (SSSR count). The van der Waals surface area contributed by atoms with Gasteiger partial charge in [0.2, 0.25) is 11.2 Å². The van der Waals surface area contributed by atoms with E-state index in [9.17, 15) is 0 Å². The van der Waals surface area contributed by atoms with E-state index in [-0.39, 0.29) is 5.41 Å². The summed E-state index contributed by atoms with van der Waals surface area (Å²) in [5.74, 6) is 1.89. The second-order valence-corrected chi connectivity index (χ2v) is 11.6. The van der Waals surface area contributed by atoms with Gasteiger partial charge in [-0.15, -0.1) is 0 Å². The maximum Gasteiger partial charge on any atom is 0.231 e. The minimum absolute atomic E-state index is 0.116. The van der Waals surface area contributed by atoms with Crippen molar-refractivity contribution in [2.75, 3.05) is 0 Å². The van der Waals surface area contributed by atoms with Gasteiger partial charge in [0.25, 0.3) is 0 Å². The number of nitrogens with zero attached hydrogens (tertiary/aromatic N) is 2. The van der Waals surface area contributed by atoms with Gasteiger partial charge in [0, 0.05) is 25.5 Å². The molecule has 0 aliphatic carbocycles. The molecule has 0 atom stereocenters. The zero-order valence-corrected chi connectivity index (χ0v) is 21.3. The molecular formula is C31H33N2O+. The molecule has 3 nitrogen and oxygen atoms in total. The van der Waals surface area contributed by atoms with E-state index in [1.807, 2.05) is 13.8 Å². The standard InChI is InChI=1S/C31H33N2O/c1-19-22-11-9-10-12-23(22)24(18-30(2,3)4)29-26(19)28-27-21(13-14-33(28)8)15-20(16-25(27)34-29)17-31(5,6)32-7/h9-16H,17-18H2,1-6,8H3/q+1. The van der Waals surface area contributed by atoms with Crippen molar-refractivity contribution in [3.05, 3.63) is 76.8 Å². The fraction of sp³-hybridized carbons (Fsp3) is 0.355. The Balaban J connectivity index is 1.87. The van der Waals surface area contributed by atoms with E-state index >= 15 is 0 Å². The highest BCUT2D eigenvalue weighted by atomic mass is 16.5. The minimum atomic E-state index is -0.445. The van der Waals surface area contributed by atoms with Crippen LogP contribution in [0.1, 0.15) is 51.3 Å². The van der Waals surface area contributed by atoms with Crippen LogP contribution < -0.4 is 9.30 Å². The van der Waals surface area contributed by atoms with Crippen LogP contribution in [0.5, 0.6) is 11.5 Å². The van der Waals surface area contributed by atoms with Gasteiger partial charge in [0.15, 0.2) is 6.20 Å². The van der Waals surface area contributed by atoms with Crippen molar-refractivity contribution >= 4 is 21.5 Å². The van der Waals surface area contributed by atoms with Crippen molar-refractivity contribution < 1.29 is 9.30 Å². The van der Waals surface area contributed by atoms with Gasteiger partial charge >= 0.3 is 0 Å². The molecule has 0 spiro atoms. The Morgan fingerprint density at radius 3 is 2.35 bits per heavy atom. The smallest absolute Gasteiger partial charge is 0.231 e. The summed E-state index contributed by atoms with van der Waals surface area (Å²) in [5, 5.41) is 4.89. The van der Waals surface area contributed by atoms with E-state index in [0.717, 1.165) is 34.3 Å². The van der Waals surface area contributed by atoms with Gasteiger partial charge in [0.1, 0.15) is 18.5 Å². The highest BCUT2D eigenvalue weighted by Crippen LogP contribution is 2.51. The first-order valence-corrected chi connectivity index (χ1v) is 12.1. The lowest BCUT2D eigenvalue weighted by Crippen LogP contribution is -2.32. The van der Waals surface area contributed by atoms with Crippen LogP contribution in [0.4, 0.5) is 0 Å². The zero-order valence-electron chi connectivity index (χ0n) is 21.3. The number of aryl methyl sites for hydroxylation is 2. The summed E-state index contributed by atoms with van der Waals surface area (Å²) >= 11 is 0. The van der Waals surface area contributed by atoms with Crippen molar-refractivity contribution in [1.82, 2.24) is 0 Å². The number of benzene rings is 3. The topological polar surface area (TPSA) is 17.5 Å². The first-order chi connectivity index (χ1) is 16.0. The minimum Gasteiger partial charge on any atom is -0.455 e. The van der Waals surface area contributed by atoms with Crippen molar-refractivity contribution in [1.29, 1.82) is 0 Å². The molecule has 0 bridgehead atoms. The van der Waals surface area contributed by atoms with Gasteiger partial charge in [-0.3, -0.25) is 0 Å². The predicted molar refractivity (Wildman–Crippen MR) is 140 cm³/mol. The molecule has 0 unspecified atom stereocenters. The van der Waals surface area contributed by atoms with E-state index in [0.29, 0.717) is 6.42 Å². The third-order valence-electron chi connectivity index (χ3n) is 6.89. The Morgan fingerprint density at radius 1 is 0.971 bits per heavy atom. The van der Waals surface area contributed by atoms with E-state index in [4.69, 9.17) is 11.3 Å². The van der Waals surface area contributed by atoms with Crippen LogP contribution in [0.3, 0.4) is 0 Å². The van der Waals surface area contributed by atoms with Crippen LogP contribution in [0.15, 0.2) is 48.7 Å². The first kappa shape index (κ1) is 22.4. The summed E-state index contributed by atoms with van der Waals surface area (Å²) in [6, 6.07) is 15.3. The monoisotopic (exact) mass is 449 g/mol. The van der Waals surface area contributed by atoms with Gasteiger partial charge in [-0.25, -0.2) is 11.1 Å². The predicted octanol–water partition coefficient (Wildman–Crippen LogP) is 7.73. The molecule has 0 N–H and O–H groups in total. The zero-order chi connectivity index (χ0) is 24.4. The average Bonchev–Trinajstić information content (AvgIpc) is 2.77. The number of pyridine rings is 1. The summed E-state index contributed by atoms with van der Waals surface area (Å²) in [5.41, 5.74) is 5.76. The number of ether oxygens (including phenoxy) is 1. The Morgan fingerprint density at radius 2 is 1.68 bits per heavy atom. The van der Waals surface area contributed by atoms with Crippen LogP contribution in [0.25, 0.3) is 37.6 Å².